The van der Waals surface area contributed by atoms with Crippen molar-refractivity contribution in [3.8, 4) is 0 Å². The normalized spacial score (nSPS) is 11.9. The van der Waals surface area contributed by atoms with Crippen LogP contribution in [0.15, 0.2) is 36.4 Å². The van der Waals surface area contributed by atoms with Crippen molar-refractivity contribution < 1.29 is 4.79 Å². The summed E-state index contributed by atoms with van der Waals surface area (Å²) in [4.78, 5) is 13.6. The minimum absolute atomic E-state index is 0.102. The van der Waals surface area contributed by atoms with Gasteiger partial charge in [0, 0.05) is 36.8 Å². The molecule has 5 heteroatoms. The van der Waals surface area contributed by atoms with E-state index < -0.39 is 0 Å². The van der Waals surface area contributed by atoms with Crippen molar-refractivity contribution in [2.24, 2.45) is 0 Å². The van der Waals surface area contributed by atoms with Crippen LogP contribution in [-0.2, 0) is 6.54 Å². The molecule has 0 aromatic heterocycles. The van der Waals surface area contributed by atoms with Gasteiger partial charge in [-0.25, -0.2) is 4.79 Å². The zero-order valence-electron chi connectivity index (χ0n) is 16.2. The number of nitrogens with one attached hydrogen (secondary N) is 2. The quantitative estimate of drug-likeness (QED) is 0.771. The van der Waals surface area contributed by atoms with Crippen LogP contribution in [0.4, 0.5) is 10.5 Å². The van der Waals surface area contributed by atoms with Crippen LogP contribution in [0.5, 0.6) is 0 Å². The maximum absolute atomic E-state index is 12.0. The van der Waals surface area contributed by atoms with E-state index in [-0.39, 0.29) is 11.9 Å². The van der Waals surface area contributed by atoms with E-state index in [1.165, 1.54) is 11.1 Å². The molecule has 0 fully saturated rings. The maximum atomic E-state index is 12.0. The molecule has 0 aliphatic heterocycles. The number of halogens is 1. The first-order chi connectivity index (χ1) is 12.4. The summed E-state index contributed by atoms with van der Waals surface area (Å²) >= 11 is 6.49. The van der Waals surface area contributed by atoms with Gasteiger partial charge in [-0.2, -0.15) is 0 Å². The third-order valence-corrected chi connectivity index (χ3v) is 4.94. The summed E-state index contributed by atoms with van der Waals surface area (Å²) < 4.78 is 0. The smallest absolute Gasteiger partial charge is 0.321 e. The molecule has 2 rings (SSSR count). The molecule has 140 valence electrons. The zero-order chi connectivity index (χ0) is 19.3. The van der Waals surface area contributed by atoms with Gasteiger partial charge in [0.1, 0.15) is 0 Å². The molecule has 26 heavy (non-hydrogen) atoms. The summed E-state index contributed by atoms with van der Waals surface area (Å²) in [6.45, 7) is 7.51. The van der Waals surface area contributed by atoms with Crippen LogP contribution in [0.3, 0.4) is 0 Å². The van der Waals surface area contributed by atoms with Crippen molar-refractivity contribution in [2.45, 2.75) is 33.2 Å². The zero-order valence-corrected chi connectivity index (χ0v) is 16.9. The summed E-state index contributed by atoms with van der Waals surface area (Å²) in [6.07, 6.45) is 0. The van der Waals surface area contributed by atoms with Gasteiger partial charge in [0.05, 0.1) is 0 Å². The van der Waals surface area contributed by atoms with Gasteiger partial charge in [0.25, 0.3) is 0 Å². The minimum Gasteiger partial charge on any atom is -0.338 e. The molecule has 2 aromatic rings. The summed E-state index contributed by atoms with van der Waals surface area (Å²) in [5, 5.41) is 6.81. The van der Waals surface area contributed by atoms with E-state index in [1.54, 1.807) is 11.9 Å². The molecular formula is C21H28ClN3O. The Kier molecular flexibility index (Phi) is 7.06. The lowest BCUT2D eigenvalue weighted by Crippen LogP contribution is -2.37. The van der Waals surface area contributed by atoms with Crippen LogP contribution < -0.4 is 15.5 Å². The molecule has 2 aromatic carbocycles. The molecule has 0 aliphatic rings. The second-order valence-electron chi connectivity index (χ2n) is 6.55. The minimum atomic E-state index is -0.102. The van der Waals surface area contributed by atoms with E-state index in [4.69, 9.17) is 11.6 Å². The highest BCUT2D eigenvalue weighted by Crippen LogP contribution is 2.33. The van der Waals surface area contributed by atoms with Crippen molar-refractivity contribution in [3.05, 3.63) is 63.7 Å². The number of anilines is 1. The predicted molar refractivity (Wildman–Crippen MR) is 110 cm³/mol. The van der Waals surface area contributed by atoms with Crippen molar-refractivity contribution >= 4 is 23.3 Å². The van der Waals surface area contributed by atoms with Crippen molar-refractivity contribution in [3.63, 3.8) is 0 Å². The fourth-order valence-electron chi connectivity index (χ4n) is 3.10. The van der Waals surface area contributed by atoms with E-state index in [2.05, 4.69) is 42.7 Å². The molecule has 0 saturated heterocycles. The van der Waals surface area contributed by atoms with Gasteiger partial charge < -0.3 is 10.6 Å². The van der Waals surface area contributed by atoms with Gasteiger partial charge in [-0.05, 0) is 61.3 Å². The molecule has 2 amide bonds. The fraction of sp³-hybridized carbons (Fsp3) is 0.381. The molecule has 0 radical (unpaired) electrons. The summed E-state index contributed by atoms with van der Waals surface area (Å²) in [6, 6.07) is 12.2. The molecule has 0 heterocycles. The third kappa shape index (κ3) is 4.57. The molecule has 1 atom stereocenters. The van der Waals surface area contributed by atoms with Gasteiger partial charge in [-0.3, -0.25) is 4.90 Å². The maximum Gasteiger partial charge on any atom is 0.321 e. The van der Waals surface area contributed by atoms with Crippen LogP contribution in [0.2, 0.25) is 5.02 Å². The monoisotopic (exact) mass is 373 g/mol. The average Bonchev–Trinajstić information content (AvgIpc) is 2.63. The molecular weight excluding hydrogens is 346 g/mol. The van der Waals surface area contributed by atoms with Crippen LogP contribution in [-0.4, -0.2) is 26.7 Å². The SMILES string of the molecule is CCNC(=O)N(C)c1ccc(C(C)c2cc(C)cc(Cl)c2CNC)cc1. The van der Waals surface area contributed by atoms with Crippen LogP contribution in [0.1, 0.15) is 42.0 Å². The summed E-state index contributed by atoms with van der Waals surface area (Å²) in [5.74, 6) is 0.208. The van der Waals surface area contributed by atoms with Gasteiger partial charge >= 0.3 is 6.03 Å². The van der Waals surface area contributed by atoms with E-state index >= 15 is 0 Å². The number of hydrogen-bond donors (Lipinski definition) is 2. The number of rotatable bonds is 6. The number of carbonyl (C=O) groups is 1. The van der Waals surface area contributed by atoms with E-state index in [1.807, 2.05) is 32.2 Å². The van der Waals surface area contributed by atoms with E-state index in [0.29, 0.717) is 6.54 Å². The number of carbonyl (C=O) groups excluding carboxylic acids is 1. The predicted octanol–water partition coefficient (Wildman–Crippen LogP) is 4.69. The number of aryl methyl sites for hydroxylation is 1. The van der Waals surface area contributed by atoms with Crippen molar-refractivity contribution in [1.29, 1.82) is 0 Å². The molecule has 0 aliphatic carbocycles. The molecule has 1 unspecified atom stereocenters. The van der Waals surface area contributed by atoms with Gasteiger partial charge in [0.15, 0.2) is 0 Å². The van der Waals surface area contributed by atoms with E-state index in [9.17, 15) is 4.79 Å². The standard InChI is InChI=1S/C21H28ClN3O/c1-6-24-21(26)25(5)17-9-7-16(8-10-17)15(3)18-11-14(2)12-20(22)19(18)13-23-4/h7-12,15,23H,6,13H2,1-5H3,(H,24,26). The Morgan fingerprint density at radius 2 is 1.88 bits per heavy atom. The van der Waals surface area contributed by atoms with Crippen LogP contribution in [0.25, 0.3) is 0 Å². The third-order valence-electron chi connectivity index (χ3n) is 4.61. The molecule has 2 N–H and O–H groups in total. The van der Waals surface area contributed by atoms with Gasteiger partial charge in [-0.1, -0.05) is 36.7 Å². The van der Waals surface area contributed by atoms with E-state index in [0.717, 1.165) is 28.4 Å². The first kappa shape index (κ1) is 20.3. The van der Waals surface area contributed by atoms with Crippen molar-refractivity contribution in [2.75, 3.05) is 25.5 Å². The number of amides is 2. The number of nitrogens with zero attached hydrogens (tertiary/aromatic N) is 1. The summed E-state index contributed by atoms with van der Waals surface area (Å²) in [7, 11) is 3.70. The topological polar surface area (TPSA) is 44.4 Å². The van der Waals surface area contributed by atoms with Gasteiger partial charge in [-0.15, -0.1) is 0 Å². The lowest BCUT2D eigenvalue weighted by molar-refractivity contribution is 0.248. The van der Waals surface area contributed by atoms with Crippen LogP contribution in [0, 0.1) is 6.92 Å². The Labute approximate surface area is 161 Å². The lowest BCUT2D eigenvalue weighted by atomic mass is 9.88. The molecule has 0 saturated carbocycles. The lowest BCUT2D eigenvalue weighted by Gasteiger charge is -2.21. The fourth-order valence-corrected chi connectivity index (χ4v) is 3.45. The van der Waals surface area contributed by atoms with Crippen LogP contribution >= 0.6 is 11.6 Å². The second-order valence-corrected chi connectivity index (χ2v) is 6.96. The average molecular weight is 374 g/mol. The van der Waals surface area contributed by atoms with Gasteiger partial charge in [0.2, 0.25) is 0 Å². The number of benzene rings is 2. The largest absolute Gasteiger partial charge is 0.338 e. The Hall–Kier alpha value is -2.04. The molecule has 4 nitrogen and oxygen atoms in total. The first-order valence-corrected chi connectivity index (χ1v) is 9.31. The second kappa shape index (κ2) is 9.06. The highest BCUT2D eigenvalue weighted by Gasteiger charge is 2.17. The molecule has 0 spiro atoms. The Morgan fingerprint density at radius 1 is 1.23 bits per heavy atom. The summed E-state index contributed by atoms with van der Waals surface area (Å²) in [5.41, 5.74) is 5.58. The van der Waals surface area contributed by atoms with Crippen molar-refractivity contribution in [1.82, 2.24) is 10.6 Å². The Balaban J connectivity index is 2.31. The first-order valence-electron chi connectivity index (χ1n) is 8.94. The molecule has 0 bridgehead atoms. The number of urea groups is 1. The highest BCUT2D eigenvalue weighted by atomic mass is 35.5. The Morgan fingerprint density at radius 3 is 2.46 bits per heavy atom. The highest BCUT2D eigenvalue weighted by molar-refractivity contribution is 6.31. The number of hydrogen-bond acceptors (Lipinski definition) is 2. The Bertz CT molecular complexity index is 759.